The van der Waals surface area contributed by atoms with Crippen LogP contribution in [0.1, 0.15) is 24.1 Å². The molecule has 0 saturated carbocycles. The summed E-state index contributed by atoms with van der Waals surface area (Å²) in [5.41, 5.74) is 1.57. The number of hydrogen-bond donors (Lipinski definition) is 1. The van der Waals surface area contributed by atoms with Crippen LogP contribution in [0.3, 0.4) is 0 Å². The van der Waals surface area contributed by atoms with E-state index in [-0.39, 0.29) is 12.1 Å². The first kappa shape index (κ1) is 16.7. The van der Waals surface area contributed by atoms with Gasteiger partial charge in [-0.2, -0.15) is 5.26 Å². The lowest BCUT2D eigenvalue weighted by Crippen LogP contribution is -2.52. The van der Waals surface area contributed by atoms with Crippen LogP contribution >= 0.6 is 0 Å². The number of piperazine rings is 1. The molecule has 0 spiro atoms. The Morgan fingerprint density at radius 1 is 1.28 bits per heavy atom. The molecule has 1 saturated heterocycles. The quantitative estimate of drug-likeness (QED) is 0.926. The van der Waals surface area contributed by atoms with Crippen molar-refractivity contribution in [3.05, 3.63) is 54.0 Å². The molecule has 3 heterocycles. The number of anilines is 1. The number of amides is 2. The van der Waals surface area contributed by atoms with Crippen LogP contribution in [0.5, 0.6) is 0 Å². The Morgan fingerprint density at radius 3 is 2.76 bits per heavy atom. The summed E-state index contributed by atoms with van der Waals surface area (Å²) in [4.78, 5) is 24.7. The van der Waals surface area contributed by atoms with Crippen LogP contribution in [-0.4, -0.2) is 47.1 Å². The van der Waals surface area contributed by atoms with E-state index in [2.05, 4.69) is 26.3 Å². The van der Waals surface area contributed by atoms with Crippen LogP contribution in [0.15, 0.2) is 42.9 Å². The maximum Gasteiger partial charge on any atom is 0.317 e. The van der Waals surface area contributed by atoms with Crippen molar-refractivity contribution in [3.63, 3.8) is 0 Å². The Labute approximate surface area is 146 Å². The largest absolute Gasteiger partial charge is 0.353 e. The van der Waals surface area contributed by atoms with Gasteiger partial charge in [0, 0.05) is 44.8 Å². The number of urea groups is 1. The first-order valence-electron chi connectivity index (χ1n) is 8.24. The monoisotopic (exact) mass is 336 g/mol. The van der Waals surface area contributed by atoms with E-state index >= 15 is 0 Å². The van der Waals surface area contributed by atoms with Crippen molar-refractivity contribution in [2.45, 2.75) is 13.0 Å². The summed E-state index contributed by atoms with van der Waals surface area (Å²) in [7, 11) is 0. The van der Waals surface area contributed by atoms with Crippen LogP contribution in [0.25, 0.3) is 0 Å². The van der Waals surface area contributed by atoms with Crippen molar-refractivity contribution in [1.82, 2.24) is 20.2 Å². The minimum absolute atomic E-state index is 0.0743. The van der Waals surface area contributed by atoms with Crippen LogP contribution in [0.2, 0.25) is 0 Å². The third-order valence-corrected chi connectivity index (χ3v) is 4.29. The van der Waals surface area contributed by atoms with E-state index in [0.717, 1.165) is 11.4 Å². The normalized spacial score (nSPS) is 15.4. The van der Waals surface area contributed by atoms with Gasteiger partial charge in [-0.1, -0.05) is 6.07 Å². The Bertz CT molecular complexity index is 765. The lowest BCUT2D eigenvalue weighted by molar-refractivity contribution is 0.191. The fourth-order valence-corrected chi connectivity index (χ4v) is 2.79. The summed E-state index contributed by atoms with van der Waals surface area (Å²) in [6.07, 6.45) is 5.12. The van der Waals surface area contributed by atoms with E-state index in [1.807, 2.05) is 19.1 Å². The number of aromatic nitrogens is 2. The Hall–Kier alpha value is -3.14. The molecule has 0 aliphatic carbocycles. The molecule has 7 heteroatoms. The SMILES string of the molecule is CC(NC(=O)N1CCN(c2cc(C#N)ccn2)CC1)c1cccnc1. The zero-order chi connectivity index (χ0) is 17.6. The van der Waals surface area contributed by atoms with Gasteiger partial charge in [0.25, 0.3) is 0 Å². The van der Waals surface area contributed by atoms with Gasteiger partial charge in [0.1, 0.15) is 5.82 Å². The van der Waals surface area contributed by atoms with Crippen molar-refractivity contribution < 1.29 is 4.79 Å². The molecule has 1 unspecified atom stereocenters. The fraction of sp³-hybridized carbons (Fsp3) is 0.333. The predicted molar refractivity (Wildman–Crippen MR) is 93.9 cm³/mol. The van der Waals surface area contributed by atoms with Crippen molar-refractivity contribution in [2.24, 2.45) is 0 Å². The molecule has 3 rings (SSSR count). The van der Waals surface area contributed by atoms with Gasteiger partial charge in [0.15, 0.2) is 0 Å². The summed E-state index contributed by atoms with van der Waals surface area (Å²) in [6.45, 7) is 4.56. The zero-order valence-electron chi connectivity index (χ0n) is 14.1. The summed E-state index contributed by atoms with van der Waals surface area (Å²) < 4.78 is 0. The van der Waals surface area contributed by atoms with Gasteiger partial charge in [0.05, 0.1) is 17.7 Å². The topological polar surface area (TPSA) is 85.2 Å². The third kappa shape index (κ3) is 4.04. The molecule has 2 amide bonds. The van der Waals surface area contributed by atoms with E-state index in [1.165, 1.54) is 0 Å². The van der Waals surface area contributed by atoms with Crippen LogP contribution in [-0.2, 0) is 0 Å². The zero-order valence-corrected chi connectivity index (χ0v) is 14.1. The molecule has 2 aromatic heterocycles. The van der Waals surface area contributed by atoms with Gasteiger partial charge < -0.3 is 15.1 Å². The molecule has 0 aromatic carbocycles. The number of nitrogens with one attached hydrogen (secondary N) is 1. The second kappa shape index (κ2) is 7.62. The first-order chi connectivity index (χ1) is 12.2. The molecule has 7 nitrogen and oxygen atoms in total. The highest BCUT2D eigenvalue weighted by Gasteiger charge is 2.23. The number of hydrogen-bond acceptors (Lipinski definition) is 5. The average Bonchev–Trinajstić information content (AvgIpc) is 2.68. The summed E-state index contributed by atoms with van der Waals surface area (Å²) in [5, 5.41) is 12.0. The highest BCUT2D eigenvalue weighted by molar-refractivity contribution is 5.75. The smallest absolute Gasteiger partial charge is 0.317 e. The summed E-state index contributed by atoms with van der Waals surface area (Å²) in [5.74, 6) is 0.780. The van der Waals surface area contributed by atoms with Crippen molar-refractivity contribution in [1.29, 1.82) is 5.26 Å². The number of pyridine rings is 2. The lowest BCUT2D eigenvalue weighted by atomic mass is 10.1. The van der Waals surface area contributed by atoms with E-state index in [0.29, 0.717) is 31.7 Å². The van der Waals surface area contributed by atoms with Gasteiger partial charge in [-0.25, -0.2) is 9.78 Å². The van der Waals surface area contributed by atoms with Gasteiger partial charge in [0.2, 0.25) is 0 Å². The molecule has 1 aliphatic rings. The van der Waals surface area contributed by atoms with Crippen LogP contribution < -0.4 is 10.2 Å². The van der Waals surface area contributed by atoms with E-state index < -0.39 is 0 Å². The molecule has 0 radical (unpaired) electrons. The Balaban J connectivity index is 1.55. The molecule has 1 N–H and O–H groups in total. The fourth-order valence-electron chi connectivity index (χ4n) is 2.79. The van der Waals surface area contributed by atoms with Gasteiger partial charge in [-0.05, 0) is 30.7 Å². The minimum Gasteiger partial charge on any atom is -0.353 e. The molecule has 1 fully saturated rings. The highest BCUT2D eigenvalue weighted by Crippen LogP contribution is 2.16. The van der Waals surface area contributed by atoms with Gasteiger partial charge in [-0.3, -0.25) is 4.98 Å². The molecular weight excluding hydrogens is 316 g/mol. The van der Waals surface area contributed by atoms with Gasteiger partial charge in [-0.15, -0.1) is 0 Å². The summed E-state index contributed by atoms with van der Waals surface area (Å²) in [6, 6.07) is 9.23. The molecule has 25 heavy (non-hydrogen) atoms. The Morgan fingerprint density at radius 2 is 2.08 bits per heavy atom. The number of rotatable bonds is 3. The second-order valence-corrected chi connectivity index (χ2v) is 5.95. The molecule has 1 aliphatic heterocycles. The standard InChI is InChI=1S/C18H20N6O/c1-14(16-3-2-5-20-13-16)22-18(25)24-9-7-23(8-10-24)17-11-15(12-19)4-6-21-17/h2-6,11,13-14H,7-10H2,1H3,(H,22,25). The number of carbonyl (C=O) groups excluding carboxylic acids is 1. The van der Waals surface area contributed by atoms with Crippen molar-refractivity contribution in [2.75, 3.05) is 31.1 Å². The molecule has 0 bridgehead atoms. The number of carbonyl (C=O) groups is 1. The minimum atomic E-state index is -0.0896. The maximum absolute atomic E-state index is 12.4. The average molecular weight is 336 g/mol. The highest BCUT2D eigenvalue weighted by atomic mass is 16.2. The van der Waals surface area contributed by atoms with E-state index in [1.54, 1.807) is 35.6 Å². The second-order valence-electron chi connectivity index (χ2n) is 5.95. The predicted octanol–water partition coefficient (Wildman–Crippen LogP) is 1.94. The number of nitrogens with zero attached hydrogens (tertiary/aromatic N) is 5. The van der Waals surface area contributed by atoms with Crippen LogP contribution in [0.4, 0.5) is 10.6 Å². The molecular formula is C18H20N6O. The third-order valence-electron chi connectivity index (χ3n) is 4.29. The Kier molecular flexibility index (Phi) is 5.09. The van der Waals surface area contributed by atoms with Crippen molar-refractivity contribution in [3.8, 4) is 6.07 Å². The maximum atomic E-state index is 12.4. The molecule has 128 valence electrons. The van der Waals surface area contributed by atoms with Crippen LogP contribution in [0, 0.1) is 11.3 Å². The van der Waals surface area contributed by atoms with Crippen molar-refractivity contribution >= 4 is 11.8 Å². The van der Waals surface area contributed by atoms with E-state index in [4.69, 9.17) is 5.26 Å². The lowest BCUT2D eigenvalue weighted by Gasteiger charge is -2.36. The number of nitriles is 1. The first-order valence-corrected chi connectivity index (χ1v) is 8.24. The van der Waals surface area contributed by atoms with Gasteiger partial charge >= 0.3 is 6.03 Å². The van der Waals surface area contributed by atoms with E-state index in [9.17, 15) is 4.79 Å². The molecule has 1 atom stereocenters. The molecule has 2 aromatic rings. The summed E-state index contributed by atoms with van der Waals surface area (Å²) >= 11 is 0.